The number of pyridine rings is 1. The molecule has 2 amide bonds. The Kier molecular flexibility index (Phi) is 4.68. The second-order valence-corrected chi connectivity index (χ2v) is 4.97. The fraction of sp³-hybridized carbons (Fsp3) is 0.500. The normalized spacial score (nSPS) is 19.6. The number of amides is 2. The summed E-state index contributed by atoms with van der Waals surface area (Å²) in [4.78, 5) is 30.0. The molecule has 0 aliphatic carbocycles. The van der Waals surface area contributed by atoms with Crippen LogP contribution in [0.2, 0.25) is 0 Å². The van der Waals surface area contributed by atoms with Gasteiger partial charge in [-0.1, -0.05) is 12.5 Å². The van der Waals surface area contributed by atoms with Crippen molar-refractivity contribution in [1.29, 1.82) is 0 Å². The highest BCUT2D eigenvalue weighted by molar-refractivity contribution is 6.06. The van der Waals surface area contributed by atoms with Gasteiger partial charge in [0.1, 0.15) is 11.7 Å². The number of nitrogens with zero attached hydrogens (tertiary/aromatic N) is 2. The van der Waals surface area contributed by atoms with Gasteiger partial charge in [-0.05, 0) is 18.9 Å². The molecule has 0 aromatic carbocycles. The Hall–Kier alpha value is -1.95. The summed E-state index contributed by atoms with van der Waals surface area (Å²) in [5.74, 6) is -0.852. The molecule has 0 bridgehead atoms. The third kappa shape index (κ3) is 3.14. The number of anilines is 1. The highest BCUT2D eigenvalue weighted by Gasteiger charge is 2.31. The van der Waals surface area contributed by atoms with Crippen molar-refractivity contribution < 1.29 is 14.7 Å². The topological polar surface area (TPSA) is 82.5 Å². The largest absolute Gasteiger partial charge is 0.392 e. The van der Waals surface area contributed by atoms with Crippen LogP contribution in [0.15, 0.2) is 18.3 Å². The first-order valence-electron chi connectivity index (χ1n) is 6.74. The van der Waals surface area contributed by atoms with Crippen LogP contribution >= 0.6 is 0 Å². The number of aliphatic hydroxyl groups is 1. The summed E-state index contributed by atoms with van der Waals surface area (Å²) < 4.78 is 0. The molecule has 1 unspecified atom stereocenters. The Morgan fingerprint density at radius 3 is 3.10 bits per heavy atom. The summed E-state index contributed by atoms with van der Waals surface area (Å²) in [6, 6.07) is 3.37. The summed E-state index contributed by atoms with van der Waals surface area (Å²) in [6.45, 7) is 0.482. The molecule has 20 heavy (non-hydrogen) atoms. The van der Waals surface area contributed by atoms with Crippen molar-refractivity contribution in [1.82, 2.24) is 9.88 Å². The molecule has 6 heteroatoms. The highest BCUT2D eigenvalue weighted by atomic mass is 16.3. The van der Waals surface area contributed by atoms with E-state index >= 15 is 0 Å². The molecule has 1 aliphatic heterocycles. The van der Waals surface area contributed by atoms with Crippen molar-refractivity contribution in [2.75, 3.05) is 18.9 Å². The lowest BCUT2D eigenvalue weighted by Gasteiger charge is -2.19. The Bertz CT molecular complexity index is 504. The standard InChI is InChI=1S/C14H19N3O3/c1-17-8-3-2-6-11(14(17)20)13(19)16-12-10(9-18)5-4-7-15-12/h4-5,7,11,18H,2-3,6,8-9H2,1H3,(H,15,16,19). The van der Waals surface area contributed by atoms with Crippen LogP contribution in [0.5, 0.6) is 0 Å². The van der Waals surface area contributed by atoms with Crippen LogP contribution in [0.4, 0.5) is 5.82 Å². The minimum atomic E-state index is -0.670. The fourth-order valence-corrected chi connectivity index (χ4v) is 2.32. The zero-order chi connectivity index (χ0) is 14.5. The zero-order valence-corrected chi connectivity index (χ0v) is 11.5. The summed E-state index contributed by atoms with van der Waals surface area (Å²) >= 11 is 0. The van der Waals surface area contributed by atoms with E-state index in [9.17, 15) is 14.7 Å². The van der Waals surface area contributed by atoms with Crippen LogP contribution in [-0.2, 0) is 16.2 Å². The van der Waals surface area contributed by atoms with E-state index in [1.54, 1.807) is 24.1 Å². The van der Waals surface area contributed by atoms with Gasteiger partial charge in [-0.15, -0.1) is 0 Å². The molecule has 0 radical (unpaired) electrons. The van der Waals surface area contributed by atoms with Gasteiger partial charge in [-0.25, -0.2) is 4.98 Å². The van der Waals surface area contributed by atoms with E-state index < -0.39 is 5.92 Å². The molecule has 2 heterocycles. The van der Waals surface area contributed by atoms with Gasteiger partial charge in [-0.3, -0.25) is 9.59 Å². The van der Waals surface area contributed by atoms with Crippen molar-refractivity contribution >= 4 is 17.6 Å². The molecule has 6 nitrogen and oxygen atoms in total. The van der Waals surface area contributed by atoms with Crippen LogP contribution in [-0.4, -0.2) is 40.4 Å². The molecular formula is C14H19N3O3. The van der Waals surface area contributed by atoms with Gasteiger partial charge >= 0.3 is 0 Å². The third-order valence-corrected chi connectivity index (χ3v) is 3.53. The van der Waals surface area contributed by atoms with E-state index in [4.69, 9.17) is 0 Å². The lowest BCUT2D eigenvalue weighted by Crippen LogP contribution is -2.38. The van der Waals surface area contributed by atoms with Gasteiger partial charge in [0.2, 0.25) is 11.8 Å². The Morgan fingerprint density at radius 1 is 1.55 bits per heavy atom. The molecule has 1 atom stereocenters. The Morgan fingerprint density at radius 2 is 2.35 bits per heavy atom. The van der Waals surface area contributed by atoms with E-state index in [-0.39, 0.29) is 18.4 Å². The Balaban J connectivity index is 2.12. The van der Waals surface area contributed by atoms with E-state index in [1.165, 1.54) is 6.20 Å². The maximum absolute atomic E-state index is 12.3. The van der Waals surface area contributed by atoms with Crippen LogP contribution in [0, 0.1) is 5.92 Å². The van der Waals surface area contributed by atoms with E-state index in [0.717, 1.165) is 12.8 Å². The number of aromatic nitrogens is 1. The zero-order valence-electron chi connectivity index (χ0n) is 11.5. The summed E-state index contributed by atoms with van der Waals surface area (Å²) in [5, 5.41) is 11.9. The second-order valence-electron chi connectivity index (χ2n) is 4.97. The minimum absolute atomic E-state index is 0.151. The molecule has 1 saturated heterocycles. The first-order valence-corrected chi connectivity index (χ1v) is 6.74. The van der Waals surface area contributed by atoms with Crippen molar-refractivity contribution in [3.63, 3.8) is 0 Å². The fourth-order valence-electron chi connectivity index (χ4n) is 2.32. The Labute approximate surface area is 117 Å². The monoisotopic (exact) mass is 277 g/mol. The highest BCUT2D eigenvalue weighted by Crippen LogP contribution is 2.20. The average Bonchev–Trinajstić information content (AvgIpc) is 2.62. The summed E-state index contributed by atoms with van der Waals surface area (Å²) in [6.07, 6.45) is 3.85. The molecule has 2 N–H and O–H groups in total. The van der Waals surface area contributed by atoms with E-state index in [2.05, 4.69) is 10.3 Å². The van der Waals surface area contributed by atoms with Crippen molar-refractivity contribution in [2.45, 2.75) is 25.9 Å². The van der Waals surface area contributed by atoms with Crippen LogP contribution in [0.25, 0.3) is 0 Å². The van der Waals surface area contributed by atoms with Gasteiger partial charge in [0, 0.05) is 25.4 Å². The van der Waals surface area contributed by atoms with Crippen LogP contribution < -0.4 is 5.32 Å². The van der Waals surface area contributed by atoms with Crippen LogP contribution in [0.1, 0.15) is 24.8 Å². The summed E-state index contributed by atoms with van der Waals surface area (Å²) in [7, 11) is 1.72. The number of hydrogen-bond donors (Lipinski definition) is 2. The lowest BCUT2D eigenvalue weighted by atomic mass is 10.0. The SMILES string of the molecule is CN1CCCCC(C(=O)Nc2ncccc2CO)C1=O. The molecule has 0 saturated carbocycles. The first-order chi connectivity index (χ1) is 9.63. The molecule has 1 aromatic rings. The van der Waals surface area contributed by atoms with Crippen molar-refractivity contribution in [3.8, 4) is 0 Å². The van der Waals surface area contributed by atoms with Crippen molar-refractivity contribution in [2.24, 2.45) is 5.92 Å². The third-order valence-electron chi connectivity index (χ3n) is 3.53. The van der Waals surface area contributed by atoms with E-state index in [1.807, 2.05) is 0 Å². The molecule has 1 aromatic heterocycles. The maximum Gasteiger partial charge on any atom is 0.238 e. The minimum Gasteiger partial charge on any atom is -0.392 e. The number of carbonyl (C=O) groups excluding carboxylic acids is 2. The first kappa shape index (κ1) is 14.5. The van der Waals surface area contributed by atoms with Gasteiger partial charge in [0.25, 0.3) is 0 Å². The number of likely N-dealkylation sites (tertiary alicyclic amines) is 1. The molecule has 0 spiro atoms. The number of carbonyl (C=O) groups is 2. The second kappa shape index (κ2) is 6.47. The van der Waals surface area contributed by atoms with Crippen molar-refractivity contribution in [3.05, 3.63) is 23.9 Å². The number of nitrogens with one attached hydrogen (secondary N) is 1. The molecule has 108 valence electrons. The van der Waals surface area contributed by atoms with Crippen LogP contribution in [0.3, 0.4) is 0 Å². The lowest BCUT2D eigenvalue weighted by molar-refractivity contribution is -0.138. The predicted octanol–water partition coefficient (Wildman–Crippen LogP) is 0.771. The smallest absolute Gasteiger partial charge is 0.238 e. The van der Waals surface area contributed by atoms with Gasteiger partial charge < -0.3 is 15.3 Å². The number of hydrogen-bond acceptors (Lipinski definition) is 4. The summed E-state index contributed by atoms with van der Waals surface area (Å²) in [5.41, 5.74) is 0.537. The molecule has 1 fully saturated rings. The van der Waals surface area contributed by atoms with E-state index in [0.29, 0.717) is 24.3 Å². The number of rotatable bonds is 3. The van der Waals surface area contributed by atoms with Gasteiger partial charge in [0.15, 0.2) is 0 Å². The molecular weight excluding hydrogens is 258 g/mol. The molecule has 2 rings (SSSR count). The molecule has 1 aliphatic rings. The van der Waals surface area contributed by atoms with Gasteiger partial charge in [0.05, 0.1) is 6.61 Å². The number of aliphatic hydroxyl groups excluding tert-OH is 1. The van der Waals surface area contributed by atoms with Gasteiger partial charge in [-0.2, -0.15) is 0 Å². The average molecular weight is 277 g/mol. The quantitative estimate of drug-likeness (QED) is 0.800. The maximum atomic E-state index is 12.3. The predicted molar refractivity (Wildman–Crippen MR) is 73.8 cm³/mol.